The molecule has 1 atom stereocenters. The first-order valence-electron chi connectivity index (χ1n) is 8.67. The van der Waals surface area contributed by atoms with Crippen molar-refractivity contribution in [3.63, 3.8) is 0 Å². The highest BCUT2D eigenvalue weighted by atomic mass is 16.7. The summed E-state index contributed by atoms with van der Waals surface area (Å²) >= 11 is 0. The topological polar surface area (TPSA) is 79.8 Å². The zero-order valence-electron chi connectivity index (χ0n) is 14.6. The van der Waals surface area contributed by atoms with Crippen LogP contribution in [0.3, 0.4) is 0 Å². The van der Waals surface area contributed by atoms with E-state index in [9.17, 15) is 4.79 Å². The van der Waals surface area contributed by atoms with Crippen LogP contribution in [0.1, 0.15) is 6.92 Å². The summed E-state index contributed by atoms with van der Waals surface area (Å²) in [5.41, 5.74) is 0.711. The number of rotatable bonds is 4. The maximum absolute atomic E-state index is 12.6. The fourth-order valence-corrected chi connectivity index (χ4v) is 3.15. The Morgan fingerprint density at radius 1 is 1.12 bits per heavy atom. The molecule has 0 spiro atoms. The molecule has 1 amide bonds. The van der Waals surface area contributed by atoms with Crippen molar-refractivity contribution in [3.8, 4) is 11.5 Å². The molecule has 1 N–H and O–H groups in total. The fourth-order valence-electron chi connectivity index (χ4n) is 3.15. The number of aromatic nitrogens is 2. The van der Waals surface area contributed by atoms with Gasteiger partial charge in [-0.15, -0.1) is 0 Å². The number of hydrogen-bond acceptors (Lipinski definition) is 7. The minimum atomic E-state index is -0.223. The van der Waals surface area contributed by atoms with Crippen molar-refractivity contribution in [3.05, 3.63) is 36.7 Å². The van der Waals surface area contributed by atoms with E-state index in [0.717, 1.165) is 32.1 Å². The summed E-state index contributed by atoms with van der Waals surface area (Å²) in [7, 11) is 0. The molecule has 0 saturated carbocycles. The van der Waals surface area contributed by atoms with Crippen LogP contribution in [0.2, 0.25) is 0 Å². The number of hydrogen-bond donors (Lipinski definition) is 1. The molecule has 0 radical (unpaired) electrons. The molecule has 0 aliphatic carbocycles. The first-order valence-corrected chi connectivity index (χ1v) is 8.67. The van der Waals surface area contributed by atoms with Crippen molar-refractivity contribution in [1.82, 2.24) is 14.9 Å². The zero-order chi connectivity index (χ0) is 17.9. The molecule has 136 valence electrons. The summed E-state index contributed by atoms with van der Waals surface area (Å²) in [5, 5.41) is 2.96. The van der Waals surface area contributed by atoms with Gasteiger partial charge < -0.3 is 19.7 Å². The number of fused-ring (bicyclic) bond motifs is 1. The second-order valence-corrected chi connectivity index (χ2v) is 6.31. The van der Waals surface area contributed by atoms with Gasteiger partial charge in [0, 0.05) is 50.3 Å². The van der Waals surface area contributed by atoms with E-state index in [1.54, 1.807) is 24.5 Å². The molecule has 1 aromatic heterocycles. The van der Waals surface area contributed by atoms with Crippen LogP contribution in [-0.2, 0) is 4.79 Å². The minimum absolute atomic E-state index is 0.0340. The van der Waals surface area contributed by atoms with E-state index in [1.165, 1.54) is 0 Å². The van der Waals surface area contributed by atoms with Gasteiger partial charge >= 0.3 is 0 Å². The Morgan fingerprint density at radius 3 is 2.62 bits per heavy atom. The summed E-state index contributed by atoms with van der Waals surface area (Å²) in [6.45, 7) is 5.31. The maximum atomic E-state index is 12.6. The second-order valence-electron chi connectivity index (χ2n) is 6.31. The molecule has 1 aromatic carbocycles. The third kappa shape index (κ3) is 3.41. The molecule has 2 aliphatic heterocycles. The summed E-state index contributed by atoms with van der Waals surface area (Å²) in [6, 6.07) is 7.00. The second kappa shape index (κ2) is 7.17. The number of carbonyl (C=O) groups is 1. The van der Waals surface area contributed by atoms with Crippen LogP contribution in [0, 0.1) is 0 Å². The van der Waals surface area contributed by atoms with E-state index in [0.29, 0.717) is 17.2 Å². The number of anilines is 2. The first-order chi connectivity index (χ1) is 12.7. The molecule has 1 saturated heterocycles. The molecule has 1 unspecified atom stereocenters. The minimum Gasteiger partial charge on any atom is -0.454 e. The molecular formula is C18H21N5O3. The number of nitrogens with one attached hydrogen (secondary N) is 1. The van der Waals surface area contributed by atoms with Crippen LogP contribution >= 0.6 is 0 Å². The van der Waals surface area contributed by atoms with Gasteiger partial charge in [0.2, 0.25) is 18.6 Å². The van der Waals surface area contributed by atoms with Crippen molar-refractivity contribution in [2.45, 2.75) is 13.0 Å². The normalized spacial score (nSPS) is 17.8. The average Bonchev–Trinajstić information content (AvgIpc) is 3.16. The highest BCUT2D eigenvalue weighted by Crippen LogP contribution is 2.34. The molecular weight excluding hydrogens is 334 g/mol. The Bertz CT molecular complexity index is 778. The standard InChI is InChI=1S/C18H21N5O3/c1-13(17(24)21-14-3-4-15-16(11-14)26-12-25-15)22-7-9-23(10-8-22)18-19-5-2-6-20-18/h2-6,11,13H,7-10,12H2,1H3,(H,21,24). The van der Waals surface area contributed by atoms with Crippen LogP contribution in [0.15, 0.2) is 36.7 Å². The molecule has 26 heavy (non-hydrogen) atoms. The van der Waals surface area contributed by atoms with Gasteiger partial charge in [0.1, 0.15) is 0 Å². The van der Waals surface area contributed by atoms with Crippen molar-refractivity contribution >= 4 is 17.5 Å². The highest BCUT2D eigenvalue weighted by molar-refractivity contribution is 5.94. The fraction of sp³-hybridized carbons (Fsp3) is 0.389. The molecule has 3 heterocycles. The van der Waals surface area contributed by atoms with Crippen molar-refractivity contribution in [2.24, 2.45) is 0 Å². The van der Waals surface area contributed by atoms with Gasteiger partial charge in [-0.25, -0.2) is 9.97 Å². The lowest BCUT2D eigenvalue weighted by Crippen LogP contribution is -2.53. The van der Waals surface area contributed by atoms with E-state index in [2.05, 4.69) is 25.1 Å². The van der Waals surface area contributed by atoms with Gasteiger partial charge in [-0.05, 0) is 25.1 Å². The van der Waals surface area contributed by atoms with Crippen molar-refractivity contribution in [2.75, 3.05) is 43.2 Å². The Morgan fingerprint density at radius 2 is 1.85 bits per heavy atom. The largest absolute Gasteiger partial charge is 0.454 e. The number of benzene rings is 1. The highest BCUT2D eigenvalue weighted by Gasteiger charge is 2.26. The van der Waals surface area contributed by atoms with E-state index < -0.39 is 0 Å². The third-order valence-corrected chi connectivity index (χ3v) is 4.72. The number of amides is 1. The number of piperazine rings is 1. The van der Waals surface area contributed by atoms with Crippen LogP contribution < -0.4 is 19.7 Å². The van der Waals surface area contributed by atoms with Gasteiger partial charge in [0.25, 0.3) is 0 Å². The van der Waals surface area contributed by atoms with E-state index in [-0.39, 0.29) is 18.7 Å². The molecule has 1 fully saturated rings. The Balaban J connectivity index is 1.33. The predicted molar refractivity (Wildman–Crippen MR) is 96.5 cm³/mol. The van der Waals surface area contributed by atoms with Gasteiger partial charge in [-0.1, -0.05) is 0 Å². The molecule has 4 rings (SSSR count). The molecule has 2 aromatic rings. The summed E-state index contributed by atoms with van der Waals surface area (Å²) in [6.07, 6.45) is 3.49. The van der Waals surface area contributed by atoms with Crippen LogP contribution in [-0.4, -0.2) is 59.8 Å². The number of carbonyl (C=O) groups excluding carboxylic acids is 1. The van der Waals surface area contributed by atoms with Gasteiger partial charge in [0.15, 0.2) is 11.5 Å². The van der Waals surface area contributed by atoms with Gasteiger partial charge in [0.05, 0.1) is 6.04 Å². The van der Waals surface area contributed by atoms with Crippen molar-refractivity contribution in [1.29, 1.82) is 0 Å². The Kier molecular flexibility index (Phi) is 4.57. The zero-order valence-corrected chi connectivity index (χ0v) is 14.6. The van der Waals surface area contributed by atoms with Crippen molar-refractivity contribution < 1.29 is 14.3 Å². The number of nitrogens with zero attached hydrogens (tertiary/aromatic N) is 4. The lowest BCUT2D eigenvalue weighted by molar-refractivity contribution is -0.120. The average molecular weight is 355 g/mol. The van der Waals surface area contributed by atoms with Gasteiger partial charge in [-0.2, -0.15) is 0 Å². The van der Waals surface area contributed by atoms with Crippen LogP contribution in [0.5, 0.6) is 11.5 Å². The first kappa shape index (κ1) is 16.6. The van der Waals surface area contributed by atoms with E-state index in [1.807, 2.05) is 19.1 Å². The molecule has 2 aliphatic rings. The monoisotopic (exact) mass is 355 g/mol. The summed E-state index contributed by atoms with van der Waals surface area (Å²) < 4.78 is 10.6. The van der Waals surface area contributed by atoms with E-state index >= 15 is 0 Å². The SMILES string of the molecule is CC(C(=O)Nc1ccc2c(c1)OCO2)N1CCN(c2ncccn2)CC1. The number of ether oxygens (including phenoxy) is 2. The molecule has 0 bridgehead atoms. The van der Waals surface area contributed by atoms with Gasteiger partial charge in [-0.3, -0.25) is 9.69 Å². The quantitative estimate of drug-likeness (QED) is 0.887. The van der Waals surface area contributed by atoms with Crippen LogP contribution in [0.4, 0.5) is 11.6 Å². The summed E-state index contributed by atoms with van der Waals surface area (Å²) in [4.78, 5) is 25.5. The molecule has 8 heteroatoms. The Labute approximate surface area is 151 Å². The predicted octanol–water partition coefficient (Wildman–Crippen LogP) is 1.35. The third-order valence-electron chi connectivity index (χ3n) is 4.72. The van der Waals surface area contributed by atoms with Crippen LogP contribution in [0.25, 0.3) is 0 Å². The summed E-state index contributed by atoms with van der Waals surface area (Å²) in [5.74, 6) is 2.07. The van der Waals surface area contributed by atoms with E-state index in [4.69, 9.17) is 9.47 Å². The lowest BCUT2D eigenvalue weighted by atomic mass is 10.2. The Hall–Kier alpha value is -2.87. The maximum Gasteiger partial charge on any atom is 0.241 e. The molecule has 8 nitrogen and oxygen atoms in total. The lowest BCUT2D eigenvalue weighted by Gasteiger charge is -2.37. The smallest absolute Gasteiger partial charge is 0.241 e.